The van der Waals surface area contributed by atoms with Gasteiger partial charge in [0.1, 0.15) is 11.6 Å². The smallest absolute Gasteiger partial charge is 0.338 e. The Bertz CT molecular complexity index is 771. The normalized spacial score (nSPS) is 10.1. The first-order valence-corrected chi connectivity index (χ1v) is 6.68. The minimum Gasteiger partial charge on any atom is -0.452 e. The molecule has 0 saturated carbocycles. The number of nitrogens with one attached hydrogen (secondary N) is 1. The van der Waals surface area contributed by atoms with Crippen molar-refractivity contribution in [2.45, 2.75) is 0 Å². The fraction of sp³-hybridized carbons (Fsp3) is 0.0625. The Kier molecular flexibility index (Phi) is 5.20. The Hall–Kier alpha value is -3.29. The first-order valence-electron chi connectivity index (χ1n) is 6.68. The molecule has 0 aliphatic rings. The first kappa shape index (κ1) is 17.1. The average Bonchev–Trinajstić information content (AvgIpc) is 2.52. The zero-order valence-electron chi connectivity index (χ0n) is 12.2. The molecule has 0 saturated heterocycles. The van der Waals surface area contributed by atoms with Crippen LogP contribution in [-0.2, 0) is 9.53 Å². The quantitative estimate of drug-likeness (QED) is 0.815. The molecule has 2 amide bonds. The second kappa shape index (κ2) is 7.32. The molecular weight excluding hydrogens is 322 g/mol. The molecule has 0 aromatic heterocycles. The topological polar surface area (TPSA) is 98.5 Å². The van der Waals surface area contributed by atoms with Crippen LogP contribution in [0.1, 0.15) is 20.7 Å². The van der Waals surface area contributed by atoms with Gasteiger partial charge in [0.2, 0.25) is 5.91 Å². The minimum absolute atomic E-state index is 0.271. The zero-order chi connectivity index (χ0) is 17.7. The third-order valence-electron chi connectivity index (χ3n) is 2.89. The van der Waals surface area contributed by atoms with Crippen LogP contribution in [0.5, 0.6) is 0 Å². The number of esters is 1. The van der Waals surface area contributed by atoms with Gasteiger partial charge < -0.3 is 15.8 Å². The van der Waals surface area contributed by atoms with Crippen molar-refractivity contribution in [2.75, 3.05) is 11.9 Å². The van der Waals surface area contributed by atoms with E-state index in [2.05, 4.69) is 10.1 Å². The van der Waals surface area contributed by atoms with Gasteiger partial charge in [0.25, 0.3) is 5.91 Å². The van der Waals surface area contributed by atoms with E-state index in [-0.39, 0.29) is 11.1 Å². The Morgan fingerprint density at radius 2 is 1.54 bits per heavy atom. The summed E-state index contributed by atoms with van der Waals surface area (Å²) >= 11 is 0. The summed E-state index contributed by atoms with van der Waals surface area (Å²) in [6, 6.07) is 7.93. The van der Waals surface area contributed by atoms with E-state index in [4.69, 9.17) is 5.73 Å². The van der Waals surface area contributed by atoms with Crippen LogP contribution in [-0.4, -0.2) is 24.4 Å². The van der Waals surface area contributed by atoms with Gasteiger partial charge in [-0.3, -0.25) is 9.59 Å². The molecule has 2 aromatic rings. The van der Waals surface area contributed by atoms with Crippen LogP contribution >= 0.6 is 0 Å². The summed E-state index contributed by atoms with van der Waals surface area (Å²) in [7, 11) is 0. The van der Waals surface area contributed by atoms with Crippen molar-refractivity contribution in [3.05, 3.63) is 65.2 Å². The predicted octanol–water partition coefficient (Wildman–Crippen LogP) is 1.86. The maximum absolute atomic E-state index is 13.0. The first-order chi connectivity index (χ1) is 11.3. The van der Waals surface area contributed by atoms with E-state index in [1.165, 1.54) is 24.3 Å². The standard InChI is InChI=1S/C16H12F2N2O4/c17-11-5-10(6-12(18)7-11)16(23)24-8-14(21)20-13-3-1-9(2-4-13)15(19)22/h1-7H,8H2,(H2,19,22)(H,20,21). The largest absolute Gasteiger partial charge is 0.452 e. The van der Waals surface area contributed by atoms with Crippen molar-refractivity contribution in [1.82, 2.24) is 0 Å². The SMILES string of the molecule is NC(=O)c1ccc(NC(=O)COC(=O)c2cc(F)cc(F)c2)cc1. The lowest BCUT2D eigenvalue weighted by atomic mass is 10.2. The van der Waals surface area contributed by atoms with E-state index < -0.39 is 36.0 Å². The molecule has 124 valence electrons. The second-order valence-electron chi connectivity index (χ2n) is 4.72. The number of primary amides is 1. The number of rotatable bonds is 5. The monoisotopic (exact) mass is 334 g/mol. The lowest BCUT2D eigenvalue weighted by Gasteiger charge is -2.07. The van der Waals surface area contributed by atoms with Gasteiger partial charge in [-0.05, 0) is 36.4 Å². The Morgan fingerprint density at radius 3 is 2.08 bits per heavy atom. The lowest BCUT2D eigenvalue weighted by molar-refractivity contribution is -0.119. The van der Waals surface area contributed by atoms with Gasteiger partial charge in [0, 0.05) is 17.3 Å². The number of hydrogen-bond acceptors (Lipinski definition) is 4. The Labute approximate surface area is 135 Å². The highest BCUT2D eigenvalue weighted by Gasteiger charge is 2.13. The van der Waals surface area contributed by atoms with Gasteiger partial charge in [-0.15, -0.1) is 0 Å². The zero-order valence-corrected chi connectivity index (χ0v) is 12.2. The molecule has 0 fully saturated rings. The molecule has 0 spiro atoms. The van der Waals surface area contributed by atoms with E-state index >= 15 is 0 Å². The number of halogens is 2. The molecule has 0 radical (unpaired) electrons. The maximum atomic E-state index is 13.0. The number of amides is 2. The minimum atomic E-state index is -1.03. The summed E-state index contributed by atoms with van der Waals surface area (Å²) < 4.78 is 30.7. The van der Waals surface area contributed by atoms with Crippen LogP contribution in [0.3, 0.4) is 0 Å². The molecular formula is C16H12F2N2O4. The second-order valence-corrected chi connectivity index (χ2v) is 4.72. The van der Waals surface area contributed by atoms with E-state index in [0.29, 0.717) is 11.8 Å². The van der Waals surface area contributed by atoms with E-state index in [9.17, 15) is 23.2 Å². The van der Waals surface area contributed by atoms with Gasteiger partial charge >= 0.3 is 5.97 Å². The summed E-state index contributed by atoms with van der Waals surface area (Å²) in [4.78, 5) is 34.2. The van der Waals surface area contributed by atoms with Crippen LogP contribution < -0.4 is 11.1 Å². The van der Waals surface area contributed by atoms with Crippen molar-refractivity contribution in [1.29, 1.82) is 0 Å². The number of ether oxygens (including phenoxy) is 1. The van der Waals surface area contributed by atoms with Gasteiger partial charge in [-0.25, -0.2) is 13.6 Å². The number of nitrogens with two attached hydrogens (primary N) is 1. The molecule has 0 unspecified atom stereocenters. The number of hydrogen-bond donors (Lipinski definition) is 2. The third kappa shape index (κ3) is 4.60. The molecule has 0 aliphatic carbocycles. The molecule has 2 rings (SSSR count). The van der Waals surface area contributed by atoms with Crippen molar-refractivity contribution in [2.24, 2.45) is 5.73 Å². The Morgan fingerprint density at radius 1 is 0.958 bits per heavy atom. The van der Waals surface area contributed by atoms with E-state index in [0.717, 1.165) is 12.1 Å². The predicted molar refractivity (Wildman–Crippen MR) is 80.2 cm³/mol. The fourth-order valence-electron chi connectivity index (χ4n) is 1.80. The van der Waals surface area contributed by atoms with Crippen LogP contribution in [0.2, 0.25) is 0 Å². The molecule has 24 heavy (non-hydrogen) atoms. The summed E-state index contributed by atoms with van der Waals surface area (Å²) in [5.74, 6) is -4.16. The van der Waals surface area contributed by atoms with Crippen molar-refractivity contribution in [3.63, 3.8) is 0 Å². The van der Waals surface area contributed by atoms with Crippen LogP contribution in [0.25, 0.3) is 0 Å². The van der Waals surface area contributed by atoms with E-state index in [1.54, 1.807) is 0 Å². The van der Waals surface area contributed by atoms with Crippen LogP contribution in [0, 0.1) is 11.6 Å². The van der Waals surface area contributed by atoms with Gasteiger partial charge in [0.15, 0.2) is 6.61 Å². The number of anilines is 1. The maximum Gasteiger partial charge on any atom is 0.338 e. The van der Waals surface area contributed by atoms with Crippen LogP contribution in [0.4, 0.5) is 14.5 Å². The van der Waals surface area contributed by atoms with Gasteiger partial charge in [0.05, 0.1) is 5.56 Å². The molecule has 0 aliphatic heterocycles. The fourth-order valence-corrected chi connectivity index (χ4v) is 1.80. The van der Waals surface area contributed by atoms with Gasteiger partial charge in [-0.1, -0.05) is 0 Å². The summed E-state index contributed by atoms with van der Waals surface area (Å²) in [6.07, 6.45) is 0. The molecule has 3 N–H and O–H groups in total. The van der Waals surface area contributed by atoms with Crippen molar-refractivity contribution >= 4 is 23.5 Å². The molecule has 0 heterocycles. The molecule has 2 aromatic carbocycles. The number of benzene rings is 2. The number of carbonyl (C=O) groups excluding carboxylic acids is 3. The summed E-state index contributed by atoms with van der Waals surface area (Å²) in [5.41, 5.74) is 5.37. The molecule has 6 nitrogen and oxygen atoms in total. The lowest BCUT2D eigenvalue weighted by Crippen LogP contribution is -2.21. The number of carbonyl (C=O) groups is 3. The van der Waals surface area contributed by atoms with E-state index in [1.807, 2.05) is 0 Å². The van der Waals surface area contributed by atoms with Gasteiger partial charge in [-0.2, -0.15) is 0 Å². The highest BCUT2D eigenvalue weighted by atomic mass is 19.1. The Balaban J connectivity index is 1.90. The highest BCUT2D eigenvalue weighted by Crippen LogP contribution is 2.11. The molecule has 0 atom stereocenters. The van der Waals surface area contributed by atoms with Crippen molar-refractivity contribution < 1.29 is 27.9 Å². The van der Waals surface area contributed by atoms with Crippen LogP contribution in [0.15, 0.2) is 42.5 Å². The average molecular weight is 334 g/mol. The van der Waals surface area contributed by atoms with Crippen molar-refractivity contribution in [3.8, 4) is 0 Å². The summed E-state index contributed by atoms with van der Waals surface area (Å²) in [5, 5.41) is 2.42. The molecule has 8 heteroatoms. The molecule has 0 bridgehead atoms. The third-order valence-corrected chi connectivity index (χ3v) is 2.89. The summed E-state index contributed by atoms with van der Waals surface area (Å²) in [6.45, 7) is -0.644. The highest BCUT2D eigenvalue weighted by molar-refractivity contribution is 5.96.